The zero-order valence-electron chi connectivity index (χ0n) is 9.70. The minimum atomic E-state index is -0.786. The minimum absolute atomic E-state index is 0.400. The minimum Gasteiger partial charge on any atom is -0.481 e. The molecule has 1 atom stereocenters. The number of carbonyl (C=O) groups is 1. The van der Waals surface area contributed by atoms with Crippen molar-refractivity contribution in [2.24, 2.45) is 5.92 Å². The molecule has 0 aromatic heterocycles. The third kappa shape index (κ3) is 2.89. The zero-order chi connectivity index (χ0) is 12.3. The van der Waals surface area contributed by atoms with E-state index in [1.165, 1.54) is 0 Å². The normalized spacial score (nSPS) is 12.2. The lowest BCUT2D eigenvalue weighted by atomic mass is 10.1. The van der Waals surface area contributed by atoms with E-state index in [1.54, 1.807) is 6.92 Å². The van der Waals surface area contributed by atoms with Crippen LogP contribution in [-0.4, -0.2) is 24.7 Å². The molecule has 0 aliphatic heterocycles. The van der Waals surface area contributed by atoms with Crippen molar-refractivity contribution < 1.29 is 9.90 Å². The van der Waals surface area contributed by atoms with Crippen LogP contribution in [0.5, 0.6) is 0 Å². The maximum atomic E-state index is 10.8. The van der Waals surface area contributed by atoms with Gasteiger partial charge < -0.3 is 10.0 Å². The second-order valence-corrected chi connectivity index (χ2v) is 4.41. The molecule has 0 spiro atoms. The van der Waals surface area contributed by atoms with E-state index in [1.807, 2.05) is 37.1 Å². The molecule has 1 aromatic rings. The summed E-state index contributed by atoms with van der Waals surface area (Å²) in [5.41, 5.74) is 1.95. The van der Waals surface area contributed by atoms with Gasteiger partial charge in [0.2, 0.25) is 0 Å². The highest BCUT2D eigenvalue weighted by Gasteiger charge is 2.15. The summed E-state index contributed by atoms with van der Waals surface area (Å²) in [6.45, 7) is 4.09. The maximum absolute atomic E-state index is 10.8. The average Bonchev–Trinajstić information content (AvgIpc) is 2.21. The Balaban J connectivity index is 2.84. The zero-order valence-corrected chi connectivity index (χ0v) is 10.5. The summed E-state index contributed by atoms with van der Waals surface area (Å²) in [4.78, 5) is 12.7. The van der Waals surface area contributed by atoms with E-state index < -0.39 is 11.9 Å². The van der Waals surface area contributed by atoms with Gasteiger partial charge in [0.05, 0.1) is 5.92 Å². The van der Waals surface area contributed by atoms with Gasteiger partial charge in [0, 0.05) is 24.3 Å². The van der Waals surface area contributed by atoms with Crippen LogP contribution in [0.4, 0.5) is 5.69 Å². The number of aliphatic carboxylic acids is 1. The summed E-state index contributed by atoms with van der Waals surface area (Å²) in [7, 11) is 1.87. The van der Waals surface area contributed by atoms with Crippen LogP contribution in [0, 0.1) is 12.8 Å². The van der Waals surface area contributed by atoms with Gasteiger partial charge in [-0.2, -0.15) is 0 Å². The topological polar surface area (TPSA) is 40.5 Å². The number of carboxylic acid groups (broad SMARTS) is 1. The molecule has 0 bridgehead atoms. The number of hydrogen-bond acceptors (Lipinski definition) is 2. The molecule has 0 aliphatic carbocycles. The van der Waals surface area contributed by atoms with Gasteiger partial charge in [-0.05, 0) is 24.6 Å². The lowest BCUT2D eigenvalue weighted by molar-refractivity contribution is -0.140. The third-order valence-corrected chi connectivity index (χ3v) is 3.03. The first kappa shape index (κ1) is 12.8. The van der Waals surface area contributed by atoms with E-state index in [-0.39, 0.29) is 0 Å². The fraction of sp³-hybridized carbons (Fsp3) is 0.417. The lowest BCUT2D eigenvalue weighted by Crippen LogP contribution is -2.28. The molecule has 0 amide bonds. The summed E-state index contributed by atoms with van der Waals surface area (Å²) in [5, 5.41) is 9.55. The first-order valence-electron chi connectivity index (χ1n) is 5.12. The third-order valence-electron chi connectivity index (χ3n) is 2.62. The van der Waals surface area contributed by atoms with E-state index in [2.05, 4.69) is 0 Å². The Labute approximate surface area is 101 Å². The Morgan fingerprint density at radius 3 is 2.75 bits per heavy atom. The molecule has 0 saturated heterocycles. The standard InChI is InChI=1S/C12H16ClNO2/c1-8(12(15)16)7-14(3)11-6-4-5-10(13)9(11)2/h4-6,8H,7H2,1-3H3,(H,15,16). The molecule has 1 rings (SSSR count). The Morgan fingerprint density at radius 1 is 1.56 bits per heavy atom. The largest absolute Gasteiger partial charge is 0.481 e. The van der Waals surface area contributed by atoms with Gasteiger partial charge in [0.1, 0.15) is 0 Å². The van der Waals surface area contributed by atoms with Gasteiger partial charge in [-0.15, -0.1) is 0 Å². The molecular formula is C12H16ClNO2. The number of benzene rings is 1. The highest BCUT2D eigenvalue weighted by Crippen LogP contribution is 2.26. The Bertz CT molecular complexity index is 393. The van der Waals surface area contributed by atoms with Gasteiger partial charge in [-0.1, -0.05) is 24.6 Å². The van der Waals surface area contributed by atoms with Crippen molar-refractivity contribution in [2.75, 3.05) is 18.5 Å². The first-order valence-corrected chi connectivity index (χ1v) is 5.50. The molecule has 16 heavy (non-hydrogen) atoms. The van der Waals surface area contributed by atoms with Crippen molar-refractivity contribution >= 4 is 23.3 Å². The predicted octanol–water partition coefficient (Wildman–Crippen LogP) is 2.81. The molecule has 1 aromatic carbocycles. The highest BCUT2D eigenvalue weighted by atomic mass is 35.5. The van der Waals surface area contributed by atoms with E-state index in [0.29, 0.717) is 11.6 Å². The van der Waals surface area contributed by atoms with Crippen LogP contribution < -0.4 is 4.90 Å². The molecule has 1 unspecified atom stereocenters. The van der Waals surface area contributed by atoms with E-state index in [0.717, 1.165) is 11.3 Å². The van der Waals surface area contributed by atoms with Gasteiger partial charge in [-0.25, -0.2) is 0 Å². The Kier molecular flexibility index (Phi) is 4.19. The van der Waals surface area contributed by atoms with Crippen molar-refractivity contribution in [1.29, 1.82) is 0 Å². The number of carboxylic acids is 1. The molecule has 4 heteroatoms. The van der Waals surface area contributed by atoms with Gasteiger partial charge in [0.25, 0.3) is 0 Å². The highest BCUT2D eigenvalue weighted by molar-refractivity contribution is 6.31. The van der Waals surface area contributed by atoms with Crippen molar-refractivity contribution in [1.82, 2.24) is 0 Å². The molecule has 1 N–H and O–H groups in total. The monoisotopic (exact) mass is 241 g/mol. The molecule has 0 saturated carbocycles. The number of anilines is 1. The molecule has 0 radical (unpaired) electrons. The number of rotatable bonds is 4. The van der Waals surface area contributed by atoms with Crippen LogP contribution in [-0.2, 0) is 4.79 Å². The van der Waals surface area contributed by atoms with Crippen LogP contribution in [0.2, 0.25) is 5.02 Å². The van der Waals surface area contributed by atoms with Crippen LogP contribution in [0.1, 0.15) is 12.5 Å². The number of hydrogen-bond donors (Lipinski definition) is 1. The van der Waals surface area contributed by atoms with E-state index in [4.69, 9.17) is 16.7 Å². The summed E-state index contributed by atoms with van der Waals surface area (Å²) < 4.78 is 0. The van der Waals surface area contributed by atoms with Crippen molar-refractivity contribution in [2.45, 2.75) is 13.8 Å². The fourth-order valence-corrected chi connectivity index (χ4v) is 1.77. The fourth-order valence-electron chi connectivity index (χ4n) is 1.60. The first-order chi connectivity index (χ1) is 7.43. The second kappa shape index (κ2) is 5.21. The smallest absolute Gasteiger partial charge is 0.308 e. The maximum Gasteiger partial charge on any atom is 0.308 e. The van der Waals surface area contributed by atoms with E-state index in [9.17, 15) is 4.79 Å². The SMILES string of the molecule is Cc1c(Cl)cccc1N(C)CC(C)C(=O)O. The Morgan fingerprint density at radius 2 is 2.19 bits per heavy atom. The lowest BCUT2D eigenvalue weighted by Gasteiger charge is -2.23. The second-order valence-electron chi connectivity index (χ2n) is 4.00. The summed E-state index contributed by atoms with van der Waals surface area (Å²) in [5.74, 6) is -1.19. The molecule has 0 heterocycles. The van der Waals surface area contributed by atoms with Crippen molar-refractivity contribution in [3.05, 3.63) is 28.8 Å². The van der Waals surface area contributed by atoms with Crippen LogP contribution >= 0.6 is 11.6 Å². The van der Waals surface area contributed by atoms with Crippen molar-refractivity contribution in [3.8, 4) is 0 Å². The molecular weight excluding hydrogens is 226 g/mol. The van der Waals surface area contributed by atoms with Gasteiger partial charge in [-0.3, -0.25) is 4.79 Å². The summed E-state index contributed by atoms with van der Waals surface area (Å²) >= 11 is 6.01. The van der Waals surface area contributed by atoms with Crippen LogP contribution in [0.25, 0.3) is 0 Å². The molecule has 0 aliphatic rings. The predicted molar refractivity (Wildman–Crippen MR) is 66.3 cm³/mol. The molecule has 88 valence electrons. The van der Waals surface area contributed by atoms with Gasteiger partial charge >= 0.3 is 5.97 Å². The summed E-state index contributed by atoms with van der Waals surface area (Å²) in [6.07, 6.45) is 0. The number of nitrogens with zero attached hydrogens (tertiary/aromatic N) is 1. The average molecular weight is 242 g/mol. The van der Waals surface area contributed by atoms with Crippen molar-refractivity contribution in [3.63, 3.8) is 0 Å². The Hall–Kier alpha value is -1.22. The summed E-state index contributed by atoms with van der Waals surface area (Å²) in [6, 6.07) is 5.64. The molecule has 3 nitrogen and oxygen atoms in total. The van der Waals surface area contributed by atoms with Crippen LogP contribution in [0.3, 0.4) is 0 Å². The number of halogens is 1. The molecule has 0 fully saturated rings. The quantitative estimate of drug-likeness (QED) is 0.881. The van der Waals surface area contributed by atoms with Gasteiger partial charge in [0.15, 0.2) is 0 Å². The van der Waals surface area contributed by atoms with E-state index >= 15 is 0 Å². The van der Waals surface area contributed by atoms with Crippen LogP contribution in [0.15, 0.2) is 18.2 Å².